The summed E-state index contributed by atoms with van der Waals surface area (Å²) in [5, 5.41) is 4.15. The lowest BCUT2D eigenvalue weighted by molar-refractivity contribution is -0.138. The number of carbonyl (C=O) groups is 1. The third-order valence-electron chi connectivity index (χ3n) is 5.59. The fraction of sp³-hybridized carbons (Fsp3) is 0.550. The van der Waals surface area contributed by atoms with Crippen LogP contribution in [-0.4, -0.2) is 56.1 Å². The van der Waals surface area contributed by atoms with Crippen LogP contribution in [0.4, 0.5) is 0 Å². The molecule has 1 saturated heterocycles. The molecule has 1 aromatic carbocycles. The number of hydrogen-bond acceptors (Lipinski definition) is 4. The summed E-state index contributed by atoms with van der Waals surface area (Å²) in [5.74, 6) is 0.235. The number of likely N-dealkylation sites (N-methyl/N-ethyl adjacent to an activating group) is 1. The molecule has 0 bridgehead atoms. The number of rotatable bonds is 5. The van der Waals surface area contributed by atoms with E-state index in [4.69, 9.17) is 0 Å². The van der Waals surface area contributed by atoms with Gasteiger partial charge in [0, 0.05) is 18.1 Å². The minimum atomic E-state index is 0.166. The summed E-state index contributed by atoms with van der Waals surface area (Å²) >= 11 is 0. The molecule has 3 unspecified atom stereocenters. The molecule has 1 aromatic heterocycles. The maximum Gasteiger partial charge on any atom is 0.237 e. The second-order valence-corrected chi connectivity index (χ2v) is 7.45. The molecule has 2 heterocycles. The molecule has 0 aliphatic carbocycles. The fourth-order valence-corrected chi connectivity index (χ4v) is 3.85. The van der Waals surface area contributed by atoms with E-state index in [2.05, 4.69) is 52.8 Å². The van der Waals surface area contributed by atoms with Crippen molar-refractivity contribution in [3.63, 3.8) is 0 Å². The number of nitrogens with zero attached hydrogens (tertiary/aromatic N) is 5. The van der Waals surface area contributed by atoms with Gasteiger partial charge in [0.05, 0.1) is 12.2 Å². The maximum absolute atomic E-state index is 12.8. The van der Waals surface area contributed by atoms with Crippen molar-refractivity contribution >= 4 is 5.91 Å². The smallest absolute Gasteiger partial charge is 0.237 e. The van der Waals surface area contributed by atoms with Gasteiger partial charge in [-0.1, -0.05) is 12.1 Å². The Morgan fingerprint density at radius 2 is 1.88 bits per heavy atom. The van der Waals surface area contributed by atoms with Gasteiger partial charge < -0.3 is 4.90 Å². The summed E-state index contributed by atoms with van der Waals surface area (Å²) in [6.07, 6.45) is 6.65. The molecule has 1 aliphatic rings. The Balaban J connectivity index is 1.63. The predicted molar refractivity (Wildman–Crippen MR) is 102 cm³/mol. The first-order valence-electron chi connectivity index (χ1n) is 9.43. The number of hydrogen-bond donors (Lipinski definition) is 0. The Morgan fingerprint density at radius 1 is 1.23 bits per heavy atom. The minimum Gasteiger partial charge on any atom is -0.336 e. The summed E-state index contributed by atoms with van der Waals surface area (Å²) in [5.41, 5.74) is 2.16. The lowest BCUT2D eigenvalue weighted by Gasteiger charge is -2.40. The fourth-order valence-electron chi connectivity index (χ4n) is 3.85. The minimum absolute atomic E-state index is 0.166. The van der Waals surface area contributed by atoms with Crippen LogP contribution in [0.1, 0.15) is 51.6 Å². The largest absolute Gasteiger partial charge is 0.336 e. The van der Waals surface area contributed by atoms with Crippen molar-refractivity contribution in [3.05, 3.63) is 42.5 Å². The molecule has 1 aliphatic heterocycles. The zero-order valence-corrected chi connectivity index (χ0v) is 16.2. The Labute approximate surface area is 155 Å². The van der Waals surface area contributed by atoms with Crippen molar-refractivity contribution in [2.24, 2.45) is 0 Å². The summed E-state index contributed by atoms with van der Waals surface area (Å²) in [4.78, 5) is 21.0. The number of piperidine rings is 1. The summed E-state index contributed by atoms with van der Waals surface area (Å²) in [7, 11) is 2.02. The molecule has 2 aromatic rings. The molecule has 6 nitrogen and oxygen atoms in total. The van der Waals surface area contributed by atoms with Crippen LogP contribution in [0.2, 0.25) is 0 Å². The van der Waals surface area contributed by atoms with E-state index < -0.39 is 0 Å². The molecule has 0 saturated carbocycles. The van der Waals surface area contributed by atoms with E-state index in [-0.39, 0.29) is 11.9 Å². The number of benzene rings is 1. The first kappa shape index (κ1) is 18.6. The van der Waals surface area contributed by atoms with Gasteiger partial charge in [0.2, 0.25) is 5.91 Å². The lowest BCUT2D eigenvalue weighted by atomic mass is 9.97. The second kappa shape index (κ2) is 7.99. The monoisotopic (exact) mass is 355 g/mol. The standard InChI is InChI=1S/C20H29N5O/c1-15-6-5-7-16(2)25(15)20(26)12-23(4)17(3)18-8-10-19(11-9-18)24-14-21-13-22-24/h8-11,13-17H,5-7,12H2,1-4H3. The third kappa shape index (κ3) is 3.96. The highest BCUT2D eigenvalue weighted by Gasteiger charge is 2.29. The molecule has 0 N–H and O–H groups in total. The predicted octanol–water partition coefficient (Wildman–Crippen LogP) is 3.05. The maximum atomic E-state index is 12.8. The molecular formula is C20H29N5O. The van der Waals surface area contributed by atoms with Crippen LogP contribution in [0.15, 0.2) is 36.9 Å². The highest BCUT2D eigenvalue weighted by Crippen LogP contribution is 2.24. The number of carbonyl (C=O) groups excluding carboxylic acids is 1. The van der Waals surface area contributed by atoms with Crippen molar-refractivity contribution in [2.45, 2.75) is 58.2 Å². The molecule has 0 spiro atoms. The first-order chi connectivity index (χ1) is 12.5. The van der Waals surface area contributed by atoms with Gasteiger partial charge in [-0.3, -0.25) is 9.69 Å². The Bertz CT molecular complexity index is 702. The summed E-state index contributed by atoms with van der Waals surface area (Å²) < 4.78 is 1.74. The van der Waals surface area contributed by atoms with Gasteiger partial charge in [0.15, 0.2) is 0 Å². The van der Waals surface area contributed by atoms with Crippen molar-refractivity contribution in [1.82, 2.24) is 24.6 Å². The van der Waals surface area contributed by atoms with Gasteiger partial charge in [-0.05, 0) is 64.8 Å². The summed E-state index contributed by atoms with van der Waals surface area (Å²) in [6.45, 7) is 6.92. The zero-order valence-electron chi connectivity index (χ0n) is 16.2. The van der Waals surface area contributed by atoms with E-state index in [0.29, 0.717) is 18.6 Å². The Hall–Kier alpha value is -2.21. The number of amides is 1. The molecule has 3 rings (SSSR count). The first-order valence-corrected chi connectivity index (χ1v) is 9.43. The van der Waals surface area contributed by atoms with Crippen LogP contribution in [0.25, 0.3) is 5.69 Å². The van der Waals surface area contributed by atoms with E-state index in [1.807, 2.05) is 19.2 Å². The molecular weight excluding hydrogens is 326 g/mol. The molecule has 3 atom stereocenters. The quantitative estimate of drug-likeness (QED) is 0.827. The summed E-state index contributed by atoms with van der Waals surface area (Å²) in [6, 6.07) is 9.10. The molecule has 6 heteroatoms. The average molecular weight is 355 g/mol. The van der Waals surface area contributed by atoms with Crippen LogP contribution in [0, 0.1) is 0 Å². The Morgan fingerprint density at radius 3 is 2.46 bits per heavy atom. The third-order valence-corrected chi connectivity index (χ3v) is 5.59. The highest BCUT2D eigenvalue weighted by atomic mass is 16.2. The molecule has 26 heavy (non-hydrogen) atoms. The van der Waals surface area contributed by atoms with Crippen LogP contribution < -0.4 is 0 Å². The van der Waals surface area contributed by atoms with Crippen LogP contribution >= 0.6 is 0 Å². The van der Waals surface area contributed by atoms with E-state index >= 15 is 0 Å². The van der Waals surface area contributed by atoms with Gasteiger partial charge in [-0.25, -0.2) is 9.67 Å². The van der Waals surface area contributed by atoms with Crippen molar-refractivity contribution < 1.29 is 4.79 Å². The topological polar surface area (TPSA) is 54.3 Å². The highest BCUT2D eigenvalue weighted by molar-refractivity contribution is 5.79. The normalized spacial score (nSPS) is 21.8. The lowest BCUT2D eigenvalue weighted by Crippen LogP contribution is -2.50. The number of likely N-dealkylation sites (tertiary alicyclic amines) is 1. The number of aromatic nitrogens is 3. The van der Waals surface area contributed by atoms with Gasteiger partial charge in [0.1, 0.15) is 12.7 Å². The van der Waals surface area contributed by atoms with E-state index in [0.717, 1.165) is 18.5 Å². The average Bonchev–Trinajstić information content (AvgIpc) is 3.15. The molecule has 140 valence electrons. The SMILES string of the molecule is CC(c1ccc(-n2cncn2)cc1)N(C)CC(=O)N1C(C)CCCC1C. The molecule has 0 radical (unpaired) electrons. The van der Waals surface area contributed by atoms with Crippen molar-refractivity contribution in [1.29, 1.82) is 0 Å². The van der Waals surface area contributed by atoms with Crippen molar-refractivity contribution in [3.8, 4) is 5.69 Å². The van der Waals surface area contributed by atoms with E-state index in [1.54, 1.807) is 11.0 Å². The molecule has 1 amide bonds. The van der Waals surface area contributed by atoms with Crippen LogP contribution in [-0.2, 0) is 4.79 Å². The molecule has 1 fully saturated rings. The van der Waals surface area contributed by atoms with Gasteiger partial charge in [0.25, 0.3) is 0 Å². The van der Waals surface area contributed by atoms with Crippen LogP contribution in [0.3, 0.4) is 0 Å². The van der Waals surface area contributed by atoms with E-state index in [9.17, 15) is 4.79 Å². The van der Waals surface area contributed by atoms with Crippen molar-refractivity contribution in [2.75, 3.05) is 13.6 Å². The zero-order chi connectivity index (χ0) is 18.7. The van der Waals surface area contributed by atoms with E-state index in [1.165, 1.54) is 18.3 Å². The van der Waals surface area contributed by atoms with Gasteiger partial charge >= 0.3 is 0 Å². The van der Waals surface area contributed by atoms with Crippen LogP contribution in [0.5, 0.6) is 0 Å². The second-order valence-electron chi connectivity index (χ2n) is 7.45. The van der Waals surface area contributed by atoms with Gasteiger partial charge in [-0.15, -0.1) is 0 Å². The Kier molecular flexibility index (Phi) is 5.71. The van der Waals surface area contributed by atoms with Gasteiger partial charge in [-0.2, -0.15) is 5.10 Å².